The average Bonchev–Trinajstić information content (AvgIpc) is 2.91. The van der Waals surface area contributed by atoms with E-state index in [1.165, 1.54) is 14.3 Å². The first-order chi connectivity index (χ1) is 18.8. The highest BCUT2D eigenvalue weighted by Gasteiger charge is 2.29. The lowest BCUT2D eigenvalue weighted by molar-refractivity contribution is -0.597. The SMILES string of the molecule is O=C([O-])C(F)(F)F.O=C([O-])C(F)(F)F.c1ccc([I+]c2ccccc2)cc1.c1ccc([I+]c2ccccc2)cc1. The zero-order chi connectivity index (χ0) is 30.0. The van der Waals surface area contributed by atoms with Crippen LogP contribution < -0.4 is 52.6 Å². The summed E-state index contributed by atoms with van der Waals surface area (Å²) in [4.78, 5) is 17.6. The third kappa shape index (κ3) is 16.7. The van der Waals surface area contributed by atoms with E-state index >= 15 is 0 Å². The second-order valence-corrected chi connectivity index (χ2v) is 13.0. The van der Waals surface area contributed by atoms with Gasteiger partial charge in [0.25, 0.3) is 0 Å². The highest BCUT2D eigenvalue weighted by atomic mass is 127. The van der Waals surface area contributed by atoms with Crippen LogP contribution in [0.2, 0.25) is 0 Å². The third-order valence-corrected chi connectivity index (χ3v) is 9.20. The van der Waals surface area contributed by atoms with Gasteiger partial charge < -0.3 is 19.8 Å². The van der Waals surface area contributed by atoms with E-state index in [4.69, 9.17) is 19.8 Å². The van der Waals surface area contributed by atoms with Crippen molar-refractivity contribution in [3.05, 3.63) is 136 Å². The van der Waals surface area contributed by atoms with Crippen molar-refractivity contribution in [3.8, 4) is 0 Å². The van der Waals surface area contributed by atoms with E-state index in [9.17, 15) is 26.3 Å². The van der Waals surface area contributed by atoms with Crippen LogP contribution in [-0.4, -0.2) is 24.3 Å². The van der Waals surface area contributed by atoms with Crippen LogP contribution in [0, 0.1) is 14.3 Å². The first-order valence-corrected chi connectivity index (χ1v) is 15.2. The molecule has 4 rings (SSSR count). The van der Waals surface area contributed by atoms with Gasteiger partial charge in [-0.1, -0.05) is 72.8 Å². The van der Waals surface area contributed by atoms with E-state index in [-0.39, 0.29) is 42.4 Å². The number of carbonyl (C=O) groups excluding carboxylic acids is 2. The molecule has 0 aliphatic rings. The monoisotopic (exact) mass is 788 g/mol. The van der Waals surface area contributed by atoms with Crippen molar-refractivity contribution in [1.82, 2.24) is 0 Å². The number of carboxylic acid groups (broad SMARTS) is 2. The summed E-state index contributed by atoms with van der Waals surface area (Å²) in [5.74, 6) is -6.01. The summed E-state index contributed by atoms with van der Waals surface area (Å²) >= 11 is 0.0574. The maximum atomic E-state index is 10.5. The number of hydrogen-bond acceptors (Lipinski definition) is 4. The number of benzene rings is 4. The number of hydrogen-bond donors (Lipinski definition) is 0. The number of aliphatic carboxylic acids is 2. The molecule has 0 spiro atoms. The molecule has 0 N–H and O–H groups in total. The highest BCUT2D eigenvalue weighted by molar-refractivity contribution is 5.71. The minimum absolute atomic E-state index is 0.0287. The summed E-state index contributed by atoms with van der Waals surface area (Å²) in [6.07, 6.45) is -10.4. The maximum Gasteiger partial charge on any atom is 0.430 e. The molecule has 4 nitrogen and oxygen atoms in total. The van der Waals surface area contributed by atoms with Gasteiger partial charge in [0, 0.05) is 0 Å². The summed E-state index contributed by atoms with van der Waals surface area (Å²) in [5.41, 5.74) is 0. The Balaban J connectivity index is 0.000000280. The largest absolute Gasteiger partial charge is 0.542 e. The van der Waals surface area contributed by atoms with E-state index in [2.05, 4.69) is 121 Å². The highest BCUT2D eigenvalue weighted by Crippen LogP contribution is 2.12. The van der Waals surface area contributed by atoms with Crippen LogP contribution in [-0.2, 0) is 9.59 Å². The molecule has 212 valence electrons. The Hall–Kier alpha value is -3.14. The normalized spacial score (nSPS) is 10.3. The van der Waals surface area contributed by atoms with Gasteiger partial charge in [0.2, 0.25) is 0 Å². The third-order valence-electron chi connectivity index (χ3n) is 3.83. The molecule has 0 fully saturated rings. The Morgan fingerprint density at radius 3 is 0.700 bits per heavy atom. The molecule has 4 aromatic carbocycles. The standard InChI is InChI=1S/2C12H10I.2C2HF3O2/c2*1-3-7-11(8-4-1)13-12-9-5-2-6-10-12;2*3-2(4,5)1(6)7/h2*1-10H;2*(H,6,7)/q2*+1;;/p-2. The van der Waals surface area contributed by atoms with Gasteiger partial charge in [0.15, 0.2) is 14.3 Å². The Labute approximate surface area is 247 Å². The molecule has 0 unspecified atom stereocenters. The van der Waals surface area contributed by atoms with Gasteiger partial charge in [0.05, 0.1) is 0 Å². The van der Waals surface area contributed by atoms with Crippen LogP contribution in [0.3, 0.4) is 0 Å². The van der Waals surface area contributed by atoms with Gasteiger partial charge in [0.1, 0.15) is 11.9 Å². The van der Waals surface area contributed by atoms with E-state index < -0.39 is 24.3 Å². The maximum absolute atomic E-state index is 10.5. The smallest absolute Gasteiger partial charge is 0.430 e. The molecule has 40 heavy (non-hydrogen) atoms. The minimum atomic E-state index is -5.19. The second-order valence-electron chi connectivity index (χ2n) is 6.94. The zero-order valence-corrected chi connectivity index (χ0v) is 24.5. The fraction of sp³-hybridized carbons (Fsp3) is 0.0714. The summed E-state index contributed by atoms with van der Waals surface area (Å²) in [6, 6.07) is 42.8. The first kappa shape index (κ1) is 34.9. The number of rotatable bonds is 4. The topological polar surface area (TPSA) is 80.3 Å². The molecule has 0 aliphatic carbocycles. The quantitative estimate of drug-likeness (QED) is 0.181. The van der Waals surface area contributed by atoms with Crippen LogP contribution in [0.4, 0.5) is 26.3 Å². The fourth-order valence-electron chi connectivity index (χ4n) is 2.16. The summed E-state index contributed by atoms with van der Waals surface area (Å²) in [7, 11) is 0. The van der Waals surface area contributed by atoms with Crippen molar-refractivity contribution in [3.63, 3.8) is 0 Å². The molecule has 0 aliphatic heterocycles. The summed E-state index contributed by atoms with van der Waals surface area (Å²) in [5, 5.41) is 17.6. The molecule has 0 aromatic heterocycles. The Bertz CT molecular complexity index is 1080. The van der Waals surface area contributed by atoms with Crippen molar-refractivity contribution >= 4 is 11.9 Å². The molecule has 0 atom stereocenters. The minimum Gasteiger partial charge on any atom is -0.542 e. The van der Waals surface area contributed by atoms with E-state index in [1.54, 1.807) is 0 Å². The van der Waals surface area contributed by atoms with Crippen molar-refractivity contribution < 1.29 is 88.6 Å². The van der Waals surface area contributed by atoms with Crippen LogP contribution in [0.25, 0.3) is 0 Å². The number of carbonyl (C=O) groups is 2. The lowest BCUT2D eigenvalue weighted by atomic mass is 10.4. The molecular formula is C28H20F6I2O4. The molecule has 0 amide bonds. The second kappa shape index (κ2) is 18.3. The van der Waals surface area contributed by atoms with E-state index in [1.807, 2.05) is 0 Å². The average molecular weight is 788 g/mol. The van der Waals surface area contributed by atoms with Crippen molar-refractivity contribution in [2.75, 3.05) is 0 Å². The van der Waals surface area contributed by atoms with Crippen LogP contribution in [0.1, 0.15) is 0 Å². The van der Waals surface area contributed by atoms with Crippen LogP contribution in [0.15, 0.2) is 121 Å². The summed E-state index contributed by atoms with van der Waals surface area (Å²) in [6.45, 7) is 0. The first-order valence-electron chi connectivity index (χ1n) is 10.8. The number of halogens is 8. The van der Waals surface area contributed by atoms with Crippen LogP contribution in [0.5, 0.6) is 0 Å². The number of alkyl halides is 6. The Morgan fingerprint density at radius 1 is 0.425 bits per heavy atom. The predicted molar refractivity (Wildman–Crippen MR) is 123 cm³/mol. The predicted octanol–water partition coefficient (Wildman–Crippen LogP) is -1.77. The van der Waals surface area contributed by atoms with Gasteiger partial charge >= 0.3 is 54.8 Å². The van der Waals surface area contributed by atoms with Crippen molar-refractivity contribution in [2.45, 2.75) is 12.4 Å². The molecule has 4 aromatic rings. The molecule has 0 bridgehead atoms. The van der Waals surface area contributed by atoms with Crippen LogP contribution >= 0.6 is 0 Å². The molecule has 0 heterocycles. The van der Waals surface area contributed by atoms with Gasteiger partial charge in [-0.05, 0) is 48.5 Å². The Kier molecular flexibility index (Phi) is 15.9. The molecule has 0 radical (unpaired) electrons. The van der Waals surface area contributed by atoms with Gasteiger partial charge in [-0.2, -0.15) is 26.3 Å². The fourth-order valence-corrected chi connectivity index (χ4v) is 6.70. The van der Waals surface area contributed by atoms with Gasteiger partial charge in [-0.15, -0.1) is 0 Å². The molecule has 0 saturated heterocycles. The van der Waals surface area contributed by atoms with Gasteiger partial charge in [-0.25, -0.2) is 0 Å². The summed E-state index contributed by atoms with van der Waals surface area (Å²) < 4.78 is 69.0. The van der Waals surface area contributed by atoms with Crippen molar-refractivity contribution in [1.29, 1.82) is 0 Å². The molecule has 12 heteroatoms. The zero-order valence-electron chi connectivity index (χ0n) is 20.2. The lowest BCUT2D eigenvalue weighted by Gasteiger charge is -2.03. The Morgan fingerprint density at radius 2 is 0.575 bits per heavy atom. The molecular weight excluding hydrogens is 768 g/mol. The molecule has 0 saturated carbocycles. The van der Waals surface area contributed by atoms with Gasteiger partial charge in [-0.3, -0.25) is 0 Å². The lowest BCUT2D eigenvalue weighted by Crippen LogP contribution is -3.61. The van der Waals surface area contributed by atoms with Crippen molar-refractivity contribution in [2.24, 2.45) is 0 Å². The van der Waals surface area contributed by atoms with E-state index in [0.717, 1.165) is 0 Å². The van der Waals surface area contributed by atoms with E-state index in [0.29, 0.717) is 0 Å². The number of carboxylic acids is 2.